The molecule has 2 saturated carbocycles. The van der Waals surface area contributed by atoms with Crippen molar-refractivity contribution >= 4 is 0 Å². The molecule has 0 aromatic heterocycles. The van der Waals surface area contributed by atoms with Crippen molar-refractivity contribution in [3.63, 3.8) is 0 Å². The molecule has 0 spiro atoms. The lowest BCUT2D eigenvalue weighted by molar-refractivity contribution is -0.0227. The maximum absolute atomic E-state index is 10.7. The summed E-state index contributed by atoms with van der Waals surface area (Å²) in [6.45, 7) is 1.90. The molecule has 2 N–H and O–H groups in total. The van der Waals surface area contributed by atoms with Crippen LogP contribution in [0.15, 0.2) is 12.1 Å². The van der Waals surface area contributed by atoms with E-state index in [4.69, 9.17) is 8.85 Å². The Hall–Kier alpha value is -1.22. The maximum Gasteiger partial charge on any atom is 0.163 e. The van der Waals surface area contributed by atoms with Crippen molar-refractivity contribution in [1.82, 2.24) is 0 Å². The van der Waals surface area contributed by atoms with Crippen LogP contribution in [0, 0.1) is 17.3 Å². The average Bonchev–Trinajstić information content (AvgIpc) is 2.70. The Morgan fingerprint density at radius 3 is 2.95 bits per heavy atom. The van der Waals surface area contributed by atoms with Crippen LogP contribution in [0.3, 0.4) is 0 Å². The van der Waals surface area contributed by atoms with Crippen molar-refractivity contribution in [3.8, 4) is 11.5 Å². The first-order chi connectivity index (χ1) is 11.6. The first-order valence-electron chi connectivity index (χ1n) is 9.75. The second kappa shape index (κ2) is 4.89. The number of aromatic hydroxyl groups is 1. The van der Waals surface area contributed by atoms with Crippen LogP contribution < -0.4 is 4.74 Å². The highest BCUT2D eigenvalue weighted by molar-refractivity contribution is 5.52. The largest absolute Gasteiger partial charge is 0.504 e. The third-order valence-electron chi connectivity index (χ3n) is 6.46. The molecule has 1 aromatic carbocycles. The van der Waals surface area contributed by atoms with Gasteiger partial charge < -0.3 is 14.9 Å². The molecule has 5 atom stereocenters. The van der Waals surface area contributed by atoms with E-state index in [0.717, 1.165) is 24.8 Å². The van der Waals surface area contributed by atoms with Crippen LogP contribution >= 0.6 is 0 Å². The zero-order valence-corrected chi connectivity index (χ0v) is 13.2. The van der Waals surface area contributed by atoms with E-state index in [9.17, 15) is 10.2 Å². The predicted molar refractivity (Wildman–Crippen MR) is 85.3 cm³/mol. The van der Waals surface area contributed by atoms with Gasteiger partial charge in [-0.2, -0.15) is 0 Å². The van der Waals surface area contributed by atoms with E-state index in [1.807, 2.05) is 13.0 Å². The van der Waals surface area contributed by atoms with Crippen LogP contribution in [-0.2, 0) is 6.42 Å². The van der Waals surface area contributed by atoms with E-state index in [0.29, 0.717) is 12.2 Å². The highest BCUT2D eigenvalue weighted by atomic mass is 16.5. The molecular formula is C19H26O3. The van der Waals surface area contributed by atoms with Crippen LogP contribution in [0.5, 0.6) is 11.5 Å². The van der Waals surface area contributed by atoms with Gasteiger partial charge in [0.05, 0.1) is 14.6 Å². The first-order valence-corrected chi connectivity index (χ1v) is 8.25. The van der Waals surface area contributed by atoms with Gasteiger partial charge in [-0.25, -0.2) is 0 Å². The molecule has 120 valence electrons. The van der Waals surface area contributed by atoms with Crippen molar-refractivity contribution in [1.29, 1.82) is 0 Å². The van der Waals surface area contributed by atoms with Gasteiger partial charge in [0.15, 0.2) is 11.5 Å². The number of phenols is 1. The molecule has 0 heterocycles. The molecule has 0 aliphatic heterocycles. The van der Waals surface area contributed by atoms with Crippen molar-refractivity contribution in [2.45, 2.75) is 57.4 Å². The molecule has 3 unspecified atom stereocenters. The second-order valence-corrected chi connectivity index (χ2v) is 7.29. The molecule has 3 aliphatic rings. The van der Waals surface area contributed by atoms with Crippen molar-refractivity contribution in [3.05, 3.63) is 23.3 Å². The van der Waals surface area contributed by atoms with Gasteiger partial charge >= 0.3 is 0 Å². The molecule has 0 amide bonds. The molecule has 22 heavy (non-hydrogen) atoms. The van der Waals surface area contributed by atoms with Crippen molar-refractivity contribution in [2.24, 2.45) is 17.3 Å². The Morgan fingerprint density at radius 1 is 1.36 bits per heavy atom. The predicted octanol–water partition coefficient (Wildman–Crippen LogP) is 3.62. The smallest absolute Gasteiger partial charge is 0.163 e. The Bertz CT molecular complexity index is 718. The summed E-state index contributed by atoms with van der Waals surface area (Å²) in [5.74, 6) is 1.26. The van der Waals surface area contributed by atoms with Gasteiger partial charge in [-0.1, -0.05) is 13.0 Å². The van der Waals surface area contributed by atoms with E-state index >= 15 is 0 Å². The quantitative estimate of drug-likeness (QED) is 0.833. The number of methoxy groups -OCH3 is 1. The number of ether oxygens (including phenoxy) is 1. The zero-order valence-electron chi connectivity index (χ0n) is 16.2. The van der Waals surface area contributed by atoms with Crippen LogP contribution in [0.1, 0.15) is 60.1 Å². The van der Waals surface area contributed by atoms with Crippen LogP contribution in [0.2, 0.25) is 0 Å². The summed E-state index contributed by atoms with van der Waals surface area (Å²) >= 11 is 0. The van der Waals surface area contributed by atoms with Gasteiger partial charge in [-0.05, 0) is 73.3 Å². The third-order valence-corrected chi connectivity index (χ3v) is 6.46. The fraction of sp³-hybridized carbons (Fsp3) is 0.684. The Kier molecular flexibility index (Phi) is 2.52. The van der Waals surface area contributed by atoms with E-state index in [-0.39, 0.29) is 29.9 Å². The second-order valence-electron chi connectivity index (χ2n) is 7.29. The minimum absolute atomic E-state index is 0.00306. The monoisotopic (exact) mass is 305 g/mol. The molecule has 0 radical (unpaired) electrons. The topological polar surface area (TPSA) is 49.7 Å². The van der Waals surface area contributed by atoms with Crippen LogP contribution in [-0.4, -0.2) is 23.4 Å². The van der Waals surface area contributed by atoms with Gasteiger partial charge in [-0.3, -0.25) is 0 Å². The lowest BCUT2D eigenvalue weighted by Crippen LogP contribution is -2.43. The summed E-state index contributed by atoms with van der Waals surface area (Å²) in [5.41, 5.74) is 1.54. The summed E-state index contributed by atoms with van der Waals surface area (Å²) in [4.78, 5) is 0. The molecule has 3 aliphatic carbocycles. The van der Waals surface area contributed by atoms with Gasteiger partial charge in [0, 0.05) is 8.30 Å². The Morgan fingerprint density at radius 2 is 2.18 bits per heavy atom. The molecule has 1 aromatic rings. The number of fused-ring (bicyclic) bond motifs is 5. The molecule has 2 fully saturated rings. The van der Waals surface area contributed by atoms with Crippen molar-refractivity contribution in [2.75, 3.05) is 7.11 Å². The van der Waals surface area contributed by atoms with Gasteiger partial charge in [0.25, 0.3) is 0 Å². The molecule has 3 nitrogen and oxygen atoms in total. The number of rotatable bonds is 1. The number of phenolic OH excluding ortho intramolecular Hbond substituents is 1. The summed E-state index contributed by atoms with van der Waals surface area (Å²) in [7, 11) is 1.57. The molecule has 0 saturated heterocycles. The Balaban J connectivity index is 1.76. The summed E-state index contributed by atoms with van der Waals surface area (Å²) in [6.07, 6.45) is -0.549. The third kappa shape index (κ3) is 1.78. The van der Waals surface area contributed by atoms with E-state index in [2.05, 4.69) is 0 Å². The lowest BCUT2D eigenvalue weighted by Gasteiger charge is -2.50. The minimum atomic E-state index is -2.04. The number of benzene rings is 1. The number of hydrogen-bond acceptors (Lipinski definition) is 3. The lowest BCUT2D eigenvalue weighted by atomic mass is 9.55. The summed E-state index contributed by atoms with van der Waals surface area (Å²) in [5, 5.41) is 20.8. The van der Waals surface area contributed by atoms with E-state index in [1.54, 1.807) is 13.2 Å². The van der Waals surface area contributed by atoms with Gasteiger partial charge in [-0.15, -0.1) is 0 Å². The summed E-state index contributed by atoms with van der Waals surface area (Å²) < 4.78 is 30.3. The Labute approximate surface area is 136 Å². The molecule has 4 rings (SSSR count). The van der Waals surface area contributed by atoms with Gasteiger partial charge in [0.1, 0.15) is 0 Å². The van der Waals surface area contributed by atoms with Gasteiger partial charge in [0.2, 0.25) is 0 Å². The SMILES string of the molecule is [2H]C1([2H])CC2C3CCc4c(ccc(O)c4OC)C3CC[C@]2(C)[C@@]1([2H])O. The molecule has 3 heteroatoms. The fourth-order valence-corrected chi connectivity index (χ4v) is 5.25. The highest BCUT2D eigenvalue weighted by Crippen LogP contribution is 2.61. The number of aliphatic hydroxyl groups is 1. The van der Waals surface area contributed by atoms with Crippen molar-refractivity contribution < 1.29 is 19.1 Å². The maximum atomic E-state index is 10.7. The van der Waals surface area contributed by atoms with E-state index < -0.39 is 17.9 Å². The summed E-state index contributed by atoms with van der Waals surface area (Å²) in [6, 6.07) is 3.66. The normalized spacial score (nSPS) is 47.4. The standard InChI is InChI=1S/C19H26O3/c1-19-10-9-12-11-5-7-16(20)18(22-2)14(11)4-3-13(12)15(19)6-8-17(19)21/h5,7,12-13,15,17,20-21H,3-4,6,8-10H2,1-2H3/t12?,13?,15?,17-,19-/m0/s1/i8D2,17D. The molecular weight excluding hydrogens is 276 g/mol. The number of hydrogen-bond donors (Lipinski definition) is 2. The minimum Gasteiger partial charge on any atom is -0.504 e. The fourth-order valence-electron chi connectivity index (χ4n) is 5.25. The zero-order chi connectivity index (χ0) is 18.2. The average molecular weight is 305 g/mol. The van der Waals surface area contributed by atoms with Crippen LogP contribution in [0.25, 0.3) is 0 Å². The highest BCUT2D eigenvalue weighted by Gasteiger charge is 2.54. The van der Waals surface area contributed by atoms with E-state index in [1.165, 1.54) is 5.56 Å². The first kappa shape index (κ1) is 11.3. The van der Waals surface area contributed by atoms with Crippen LogP contribution in [0.4, 0.5) is 0 Å². The molecule has 0 bridgehead atoms.